The maximum atomic E-state index is 12.0. The molecule has 1 aromatic rings. The average Bonchev–Trinajstić information content (AvgIpc) is 2.87. The molecule has 0 unspecified atom stereocenters. The zero-order chi connectivity index (χ0) is 14.5. The third kappa shape index (κ3) is 4.31. The van der Waals surface area contributed by atoms with Gasteiger partial charge in [0.1, 0.15) is 16.3 Å². The summed E-state index contributed by atoms with van der Waals surface area (Å²) in [5.41, 5.74) is 0. The third-order valence-corrected chi connectivity index (χ3v) is 5.08. The fourth-order valence-corrected chi connectivity index (χ4v) is 3.63. The lowest BCUT2D eigenvalue weighted by atomic mass is 10.1. The summed E-state index contributed by atoms with van der Waals surface area (Å²) >= 11 is 1.06. The number of esters is 1. The van der Waals surface area contributed by atoms with Gasteiger partial charge in [-0.1, -0.05) is 19.9 Å². The fraction of sp³-hybridized carbons (Fsp3) is 0.455. The van der Waals surface area contributed by atoms with Crippen molar-refractivity contribution in [1.29, 1.82) is 5.26 Å². The molecule has 0 aromatic carbocycles. The zero-order valence-electron chi connectivity index (χ0n) is 10.5. The molecule has 0 saturated heterocycles. The molecule has 1 rings (SSSR count). The SMILES string of the molecule is CC(C)[C@@H](NS(=O)(=O)c1cccs1)C(=O)OCC#N. The second kappa shape index (κ2) is 6.65. The Morgan fingerprint density at radius 3 is 2.74 bits per heavy atom. The lowest BCUT2D eigenvalue weighted by Gasteiger charge is -2.19. The van der Waals surface area contributed by atoms with Crippen molar-refractivity contribution in [2.75, 3.05) is 6.61 Å². The van der Waals surface area contributed by atoms with Crippen LogP contribution >= 0.6 is 11.3 Å². The highest BCUT2D eigenvalue weighted by atomic mass is 32.2. The minimum absolute atomic E-state index is 0.131. The Morgan fingerprint density at radius 2 is 2.26 bits per heavy atom. The molecule has 1 N–H and O–H groups in total. The first-order chi connectivity index (χ1) is 8.88. The third-order valence-electron chi connectivity index (χ3n) is 2.24. The maximum absolute atomic E-state index is 12.0. The van der Waals surface area contributed by atoms with Gasteiger partial charge in [-0.25, -0.2) is 8.42 Å². The van der Waals surface area contributed by atoms with E-state index in [0.29, 0.717) is 0 Å². The normalized spacial score (nSPS) is 12.9. The summed E-state index contributed by atoms with van der Waals surface area (Å²) in [7, 11) is -3.75. The van der Waals surface area contributed by atoms with E-state index in [0.717, 1.165) is 11.3 Å². The summed E-state index contributed by atoms with van der Waals surface area (Å²) in [5, 5.41) is 9.99. The zero-order valence-corrected chi connectivity index (χ0v) is 12.1. The molecule has 0 spiro atoms. The Morgan fingerprint density at radius 1 is 1.58 bits per heavy atom. The Hall–Kier alpha value is -1.43. The van der Waals surface area contributed by atoms with E-state index in [4.69, 9.17) is 5.26 Å². The van der Waals surface area contributed by atoms with Crippen molar-refractivity contribution < 1.29 is 17.9 Å². The van der Waals surface area contributed by atoms with Gasteiger partial charge in [0.2, 0.25) is 0 Å². The molecule has 0 bridgehead atoms. The number of nitrogens with one attached hydrogen (secondary N) is 1. The van der Waals surface area contributed by atoms with Crippen molar-refractivity contribution in [2.45, 2.75) is 24.1 Å². The quantitative estimate of drug-likeness (QED) is 0.794. The summed E-state index contributed by atoms with van der Waals surface area (Å²) in [6.07, 6.45) is 0. The highest BCUT2D eigenvalue weighted by Gasteiger charge is 2.29. The number of sulfonamides is 1. The molecule has 104 valence electrons. The minimum Gasteiger partial charge on any atom is -0.449 e. The largest absolute Gasteiger partial charge is 0.449 e. The van der Waals surface area contributed by atoms with Crippen molar-refractivity contribution in [3.05, 3.63) is 17.5 Å². The molecule has 8 heteroatoms. The molecule has 0 amide bonds. The number of nitriles is 1. The van der Waals surface area contributed by atoms with Gasteiger partial charge < -0.3 is 4.74 Å². The second-order valence-electron chi connectivity index (χ2n) is 4.04. The number of hydrogen-bond acceptors (Lipinski definition) is 6. The first-order valence-electron chi connectivity index (χ1n) is 5.48. The van der Waals surface area contributed by atoms with Crippen LogP contribution in [-0.4, -0.2) is 27.0 Å². The molecule has 6 nitrogen and oxygen atoms in total. The molecule has 0 aliphatic rings. The lowest BCUT2D eigenvalue weighted by Crippen LogP contribution is -2.45. The van der Waals surface area contributed by atoms with Crippen LogP contribution in [0.1, 0.15) is 13.8 Å². The molecule has 1 heterocycles. The highest BCUT2D eigenvalue weighted by molar-refractivity contribution is 7.91. The van der Waals surface area contributed by atoms with E-state index in [2.05, 4.69) is 9.46 Å². The van der Waals surface area contributed by atoms with Crippen molar-refractivity contribution in [3.63, 3.8) is 0 Å². The van der Waals surface area contributed by atoms with Crippen molar-refractivity contribution in [2.24, 2.45) is 5.92 Å². The highest BCUT2D eigenvalue weighted by Crippen LogP contribution is 2.17. The van der Waals surface area contributed by atoms with Gasteiger partial charge in [0, 0.05) is 0 Å². The summed E-state index contributed by atoms with van der Waals surface area (Å²) in [6, 6.07) is 3.71. The summed E-state index contributed by atoms with van der Waals surface area (Å²) < 4.78 is 31.1. The number of rotatable bonds is 6. The van der Waals surface area contributed by atoms with E-state index in [1.54, 1.807) is 31.4 Å². The van der Waals surface area contributed by atoms with Crippen molar-refractivity contribution in [3.8, 4) is 6.07 Å². The van der Waals surface area contributed by atoms with Crippen LogP contribution in [0, 0.1) is 17.2 Å². The van der Waals surface area contributed by atoms with E-state index in [-0.39, 0.29) is 10.1 Å². The van der Waals surface area contributed by atoms with Gasteiger partial charge in [-0.3, -0.25) is 4.79 Å². The number of carbonyl (C=O) groups excluding carboxylic acids is 1. The smallest absolute Gasteiger partial charge is 0.325 e. The van der Waals surface area contributed by atoms with E-state index in [1.165, 1.54) is 6.07 Å². The van der Waals surface area contributed by atoms with Gasteiger partial charge >= 0.3 is 5.97 Å². The molecule has 0 aliphatic heterocycles. The van der Waals surface area contributed by atoms with Crippen LogP contribution in [0.4, 0.5) is 0 Å². The molecule has 19 heavy (non-hydrogen) atoms. The van der Waals surface area contributed by atoms with Crippen LogP contribution in [-0.2, 0) is 19.6 Å². The molecule has 1 aromatic heterocycles. The van der Waals surface area contributed by atoms with Crippen LogP contribution in [0.2, 0.25) is 0 Å². The van der Waals surface area contributed by atoms with Gasteiger partial charge in [-0.05, 0) is 17.4 Å². The van der Waals surface area contributed by atoms with Gasteiger partial charge in [0.05, 0.1) is 0 Å². The van der Waals surface area contributed by atoms with Gasteiger partial charge in [0.15, 0.2) is 6.61 Å². The molecule has 1 atom stereocenters. The van der Waals surface area contributed by atoms with Gasteiger partial charge in [0.25, 0.3) is 10.0 Å². The van der Waals surface area contributed by atoms with Crippen LogP contribution in [0.5, 0.6) is 0 Å². The molecule has 0 saturated carbocycles. The first kappa shape index (κ1) is 15.6. The fourth-order valence-electron chi connectivity index (χ4n) is 1.29. The van der Waals surface area contributed by atoms with Gasteiger partial charge in [-0.2, -0.15) is 9.98 Å². The van der Waals surface area contributed by atoms with E-state index < -0.39 is 28.6 Å². The van der Waals surface area contributed by atoms with Crippen LogP contribution < -0.4 is 4.72 Å². The number of ether oxygens (including phenoxy) is 1. The predicted octanol–water partition coefficient (Wildman–Crippen LogP) is 1.12. The number of nitrogens with zero attached hydrogens (tertiary/aromatic N) is 1. The summed E-state index contributed by atoms with van der Waals surface area (Å²) in [4.78, 5) is 11.7. The van der Waals surface area contributed by atoms with Crippen molar-refractivity contribution in [1.82, 2.24) is 4.72 Å². The monoisotopic (exact) mass is 302 g/mol. The Balaban J connectivity index is 2.86. The Kier molecular flexibility index (Phi) is 5.47. The van der Waals surface area contributed by atoms with E-state index in [1.807, 2.05) is 0 Å². The maximum Gasteiger partial charge on any atom is 0.325 e. The number of thiophene rings is 1. The molecule has 0 fully saturated rings. The van der Waals surface area contributed by atoms with E-state index >= 15 is 0 Å². The molecular formula is C11H14N2O4S2. The van der Waals surface area contributed by atoms with Gasteiger partial charge in [-0.15, -0.1) is 11.3 Å². The van der Waals surface area contributed by atoms with Crippen molar-refractivity contribution >= 4 is 27.3 Å². The van der Waals surface area contributed by atoms with E-state index in [9.17, 15) is 13.2 Å². The number of carbonyl (C=O) groups is 1. The minimum atomic E-state index is -3.75. The first-order valence-corrected chi connectivity index (χ1v) is 7.84. The standard InChI is InChI=1S/C11H14N2O4S2/c1-8(2)10(11(14)17-6-5-12)13-19(15,16)9-4-3-7-18-9/h3-4,7-8,10,13H,6H2,1-2H3/t10-/m1/s1. The van der Waals surface area contributed by atoms with Crippen LogP contribution in [0.15, 0.2) is 21.7 Å². The Labute approximate surface area is 116 Å². The predicted molar refractivity (Wildman–Crippen MR) is 69.8 cm³/mol. The molecular weight excluding hydrogens is 288 g/mol. The van der Waals surface area contributed by atoms with Crippen LogP contribution in [0.3, 0.4) is 0 Å². The Bertz CT molecular complexity index is 558. The van der Waals surface area contributed by atoms with Crippen LogP contribution in [0.25, 0.3) is 0 Å². The second-order valence-corrected chi connectivity index (χ2v) is 6.93. The lowest BCUT2D eigenvalue weighted by molar-refractivity contribution is -0.145. The number of hydrogen-bond donors (Lipinski definition) is 1. The topological polar surface area (TPSA) is 96.3 Å². The summed E-state index contributed by atoms with van der Waals surface area (Å²) in [6.45, 7) is 2.98. The summed E-state index contributed by atoms with van der Waals surface area (Å²) in [5.74, 6) is -1.04. The molecule has 0 aliphatic carbocycles. The molecule has 0 radical (unpaired) electrons. The average molecular weight is 302 g/mol.